The molecule has 1 atom stereocenters. The molecule has 1 aliphatic heterocycles. The molecule has 0 aliphatic carbocycles. The van der Waals surface area contributed by atoms with E-state index in [-0.39, 0.29) is 22.9 Å². The van der Waals surface area contributed by atoms with Crippen LogP contribution in [0, 0.1) is 0 Å². The van der Waals surface area contributed by atoms with Gasteiger partial charge in [-0.1, -0.05) is 24.6 Å². The number of aromatic hydroxyl groups is 1. The lowest BCUT2D eigenvalue weighted by Crippen LogP contribution is -2.33. The van der Waals surface area contributed by atoms with Crippen molar-refractivity contribution in [1.82, 2.24) is 9.88 Å². The first kappa shape index (κ1) is 24.9. The fourth-order valence-electron chi connectivity index (χ4n) is 5.56. The molecule has 8 heteroatoms. The number of hydrogen-bond acceptors (Lipinski definition) is 8. The molecule has 1 aliphatic rings. The summed E-state index contributed by atoms with van der Waals surface area (Å²) in [4.78, 5) is 32.6. The van der Waals surface area contributed by atoms with Gasteiger partial charge in [-0.25, -0.2) is 9.59 Å². The second kappa shape index (κ2) is 10.4. The monoisotopic (exact) mass is 524 g/mol. The maximum Gasteiger partial charge on any atom is 0.344 e. The highest BCUT2D eigenvalue weighted by Gasteiger charge is 2.27. The van der Waals surface area contributed by atoms with Crippen molar-refractivity contribution >= 4 is 21.9 Å². The first-order valence-electron chi connectivity index (χ1n) is 13.2. The van der Waals surface area contributed by atoms with Gasteiger partial charge >= 0.3 is 11.3 Å². The van der Waals surface area contributed by atoms with Gasteiger partial charge in [-0.3, -0.25) is 9.88 Å². The predicted molar refractivity (Wildman–Crippen MR) is 148 cm³/mol. The van der Waals surface area contributed by atoms with E-state index in [1.807, 2.05) is 31.3 Å². The van der Waals surface area contributed by atoms with Gasteiger partial charge in [-0.2, -0.15) is 0 Å². The molecule has 3 aromatic heterocycles. The third-order valence-electron chi connectivity index (χ3n) is 7.35. The SMILES string of the molecule is CCOc1cccc2cc(-c3cc(=O)oc4c(CN5CCCC[C@H]5c5cccnc5)c(O)ccc34)c(=O)oc12. The number of likely N-dealkylation sites (tertiary alicyclic amines) is 1. The molecule has 39 heavy (non-hydrogen) atoms. The largest absolute Gasteiger partial charge is 0.507 e. The second-order valence-electron chi connectivity index (χ2n) is 9.74. The van der Waals surface area contributed by atoms with Crippen LogP contribution in [0.25, 0.3) is 33.1 Å². The van der Waals surface area contributed by atoms with E-state index in [2.05, 4.69) is 16.0 Å². The molecule has 1 saturated heterocycles. The highest BCUT2D eigenvalue weighted by Crippen LogP contribution is 2.38. The van der Waals surface area contributed by atoms with Gasteiger partial charge in [-0.05, 0) is 62.2 Å². The Morgan fingerprint density at radius 3 is 2.74 bits per heavy atom. The Morgan fingerprint density at radius 2 is 1.92 bits per heavy atom. The Morgan fingerprint density at radius 1 is 1.03 bits per heavy atom. The number of para-hydroxylation sites is 1. The number of pyridine rings is 1. The van der Waals surface area contributed by atoms with Gasteiger partial charge in [0, 0.05) is 47.4 Å². The van der Waals surface area contributed by atoms with Crippen LogP contribution in [0.15, 0.2) is 85.4 Å². The summed E-state index contributed by atoms with van der Waals surface area (Å²) in [5.74, 6) is 0.512. The van der Waals surface area contributed by atoms with Crippen molar-refractivity contribution < 1.29 is 18.7 Å². The zero-order chi connectivity index (χ0) is 26.9. The van der Waals surface area contributed by atoms with Gasteiger partial charge < -0.3 is 18.7 Å². The highest BCUT2D eigenvalue weighted by molar-refractivity contribution is 5.97. The highest BCUT2D eigenvalue weighted by atomic mass is 16.5. The molecule has 0 saturated carbocycles. The fourth-order valence-corrected chi connectivity index (χ4v) is 5.56. The van der Waals surface area contributed by atoms with Gasteiger partial charge in [0.05, 0.1) is 17.7 Å². The molecule has 0 spiro atoms. The van der Waals surface area contributed by atoms with Crippen LogP contribution in [0.3, 0.4) is 0 Å². The summed E-state index contributed by atoms with van der Waals surface area (Å²) in [6, 6.07) is 15.8. The summed E-state index contributed by atoms with van der Waals surface area (Å²) in [5.41, 5.74) is 1.64. The smallest absolute Gasteiger partial charge is 0.344 e. The number of ether oxygens (including phenoxy) is 1. The third kappa shape index (κ3) is 4.68. The maximum atomic E-state index is 13.2. The van der Waals surface area contributed by atoms with E-state index in [1.165, 1.54) is 6.07 Å². The number of hydrogen-bond donors (Lipinski definition) is 1. The molecule has 1 fully saturated rings. The normalized spacial score (nSPS) is 16.1. The number of nitrogens with zero attached hydrogens (tertiary/aromatic N) is 2. The van der Waals surface area contributed by atoms with Crippen molar-refractivity contribution in [3.8, 4) is 22.6 Å². The summed E-state index contributed by atoms with van der Waals surface area (Å²) in [7, 11) is 0. The van der Waals surface area contributed by atoms with Crippen molar-refractivity contribution in [2.24, 2.45) is 0 Å². The molecular weight excluding hydrogens is 496 g/mol. The van der Waals surface area contributed by atoms with Crippen molar-refractivity contribution in [1.29, 1.82) is 0 Å². The van der Waals surface area contributed by atoms with Crippen LogP contribution in [-0.4, -0.2) is 28.1 Å². The van der Waals surface area contributed by atoms with E-state index < -0.39 is 11.3 Å². The van der Waals surface area contributed by atoms with E-state index >= 15 is 0 Å². The number of fused-ring (bicyclic) bond motifs is 2. The van der Waals surface area contributed by atoms with E-state index in [4.69, 9.17) is 13.6 Å². The number of piperidine rings is 1. The molecular formula is C31H28N2O6. The lowest BCUT2D eigenvalue weighted by atomic mass is 9.95. The van der Waals surface area contributed by atoms with Crippen molar-refractivity contribution in [2.75, 3.05) is 13.2 Å². The van der Waals surface area contributed by atoms with Crippen LogP contribution in [0.1, 0.15) is 43.4 Å². The van der Waals surface area contributed by atoms with Crippen molar-refractivity contribution in [2.45, 2.75) is 38.8 Å². The summed E-state index contributed by atoms with van der Waals surface area (Å²) in [6.07, 6.45) is 6.72. The Hall–Kier alpha value is -4.43. The number of aromatic nitrogens is 1. The van der Waals surface area contributed by atoms with Crippen LogP contribution in [0.5, 0.6) is 11.5 Å². The minimum absolute atomic E-state index is 0.0326. The van der Waals surface area contributed by atoms with Crippen molar-refractivity contribution in [3.05, 3.63) is 99.0 Å². The summed E-state index contributed by atoms with van der Waals surface area (Å²) in [5, 5.41) is 12.1. The van der Waals surface area contributed by atoms with Crippen LogP contribution in [0.4, 0.5) is 0 Å². The van der Waals surface area contributed by atoms with Crippen molar-refractivity contribution in [3.63, 3.8) is 0 Å². The fraction of sp³-hybridized carbons (Fsp3) is 0.258. The van der Waals surface area contributed by atoms with Crippen LogP contribution >= 0.6 is 0 Å². The molecule has 1 N–H and O–H groups in total. The first-order valence-corrected chi connectivity index (χ1v) is 13.2. The molecule has 5 aromatic rings. The van der Waals surface area contributed by atoms with Crippen LogP contribution in [0.2, 0.25) is 0 Å². The topological polar surface area (TPSA) is 106 Å². The van der Waals surface area contributed by atoms with E-state index in [0.29, 0.717) is 46.4 Å². The maximum absolute atomic E-state index is 13.2. The second-order valence-corrected chi connectivity index (χ2v) is 9.74. The van der Waals surface area contributed by atoms with E-state index in [9.17, 15) is 14.7 Å². The van der Waals surface area contributed by atoms with Gasteiger partial charge in [0.15, 0.2) is 11.3 Å². The molecule has 4 heterocycles. The third-order valence-corrected chi connectivity index (χ3v) is 7.35. The van der Waals surface area contributed by atoms with Gasteiger partial charge in [0.1, 0.15) is 11.3 Å². The van der Waals surface area contributed by atoms with Gasteiger partial charge in [-0.15, -0.1) is 0 Å². The van der Waals surface area contributed by atoms with E-state index in [1.54, 1.807) is 30.5 Å². The summed E-state index contributed by atoms with van der Waals surface area (Å²) in [6.45, 7) is 3.49. The summed E-state index contributed by atoms with van der Waals surface area (Å²) >= 11 is 0. The van der Waals surface area contributed by atoms with Crippen LogP contribution in [-0.2, 0) is 6.54 Å². The lowest BCUT2D eigenvalue weighted by Gasteiger charge is -2.36. The average molecular weight is 525 g/mol. The number of rotatable bonds is 6. The molecule has 8 nitrogen and oxygen atoms in total. The Labute approximate surface area is 224 Å². The molecule has 0 bridgehead atoms. The quantitative estimate of drug-likeness (QED) is 0.278. The molecule has 6 rings (SSSR count). The Bertz CT molecular complexity index is 1780. The minimum Gasteiger partial charge on any atom is -0.507 e. The standard InChI is InChI=1S/C31H28N2O6/c1-2-37-27-10-5-7-19-15-23(31(36)39-29(19)27)22-16-28(35)38-30-21(22)11-12-26(34)24(30)18-33-14-4-3-9-25(33)20-8-6-13-32-17-20/h5-8,10-13,15-17,25,34H,2-4,9,14,18H2,1H3/t25-/m0/s1. The number of phenolic OH excluding ortho intramolecular Hbond substituents is 1. The molecule has 0 unspecified atom stereocenters. The molecule has 198 valence electrons. The minimum atomic E-state index is -0.616. The van der Waals surface area contributed by atoms with Gasteiger partial charge in [0.2, 0.25) is 0 Å². The molecule has 2 aromatic carbocycles. The van der Waals surface area contributed by atoms with Crippen LogP contribution < -0.4 is 16.0 Å². The zero-order valence-corrected chi connectivity index (χ0v) is 21.6. The molecule has 0 radical (unpaired) electrons. The van der Waals surface area contributed by atoms with Gasteiger partial charge in [0.25, 0.3) is 0 Å². The Kier molecular flexibility index (Phi) is 6.62. The average Bonchev–Trinajstić information content (AvgIpc) is 2.95. The number of phenols is 1. The zero-order valence-electron chi connectivity index (χ0n) is 21.6. The Balaban J connectivity index is 1.48. The lowest BCUT2D eigenvalue weighted by molar-refractivity contribution is 0.139. The molecule has 0 amide bonds. The predicted octanol–water partition coefficient (Wildman–Crippen LogP) is 5.79. The number of benzene rings is 2. The van der Waals surface area contributed by atoms with E-state index in [0.717, 1.165) is 31.4 Å². The summed E-state index contributed by atoms with van der Waals surface area (Å²) < 4.78 is 17.0. The first-order chi connectivity index (χ1) is 19.0.